The third kappa shape index (κ3) is 2.85. The lowest BCUT2D eigenvalue weighted by Crippen LogP contribution is -2.43. The molecular formula is C20H25F2NO. The summed E-state index contributed by atoms with van der Waals surface area (Å²) < 4.78 is 34.3. The maximum Gasteiger partial charge on any atom is 0.142 e. The summed E-state index contributed by atoms with van der Waals surface area (Å²) in [7, 11) is 1.51. The molecule has 4 heteroatoms. The van der Waals surface area contributed by atoms with Crippen LogP contribution in [0.25, 0.3) is 0 Å². The number of benzene rings is 1. The molecule has 2 nitrogen and oxygen atoms in total. The van der Waals surface area contributed by atoms with Crippen molar-refractivity contribution in [1.29, 1.82) is 0 Å². The highest BCUT2D eigenvalue weighted by molar-refractivity contribution is 5.39. The van der Waals surface area contributed by atoms with Crippen molar-refractivity contribution in [2.24, 2.45) is 17.8 Å². The molecule has 0 spiro atoms. The first-order valence-electron chi connectivity index (χ1n) is 9.01. The van der Waals surface area contributed by atoms with Crippen molar-refractivity contribution in [2.75, 3.05) is 26.7 Å². The monoisotopic (exact) mass is 333 g/mol. The van der Waals surface area contributed by atoms with E-state index in [1.54, 1.807) is 0 Å². The zero-order chi connectivity index (χ0) is 16.7. The summed E-state index contributed by atoms with van der Waals surface area (Å²) >= 11 is 0. The Balaban J connectivity index is 1.42. The summed E-state index contributed by atoms with van der Waals surface area (Å²) in [5, 5.41) is 0. The first-order chi connectivity index (χ1) is 11.6. The summed E-state index contributed by atoms with van der Waals surface area (Å²) in [6.45, 7) is 2.53. The number of piperidine rings is 1. The van der Waals surface area contributed by atoms with Gasteiger partial charge in [-0.3, -0.25) is 0 Å². The van der Waals surface area contributed by atoms with Crippen LogP contribution in [0.4, 0.5) is 8.78 Å². The van der Waals surface area contributed by atoms with Crippen LogP contribution >= 0.6 is 0 Å². The molecule has 1 aromatic rings. The van der Waals surface area contributed by atoms with Gasteiger partial charge in [-0.2, -0.15) is 0 Å². The van der Waals surface area contributed by atoms with Crippen molar-refractivity contribution in [1.82, 2.24) is 4.90 Å². The molecule has 0 aromatic heterocycles. The van der Waals surface area contributed by atoms with Gasteiger partial charge in [0.15, 0.2) is 0 Å². The minimum atomic E-state index is -1.49. The van der Waals surface area contributed by atoms with Crippen LogP contribution in [-0.2, 0) is 5.67 Å². The summed E-state index contributed by atoms with van der Waals surface area (Å²) in [6.07, 6.45) is 8.15. The number of halogens is 2. The molecule has 2 fully saturated rings. The summed E-state index contributed by atoms with van der Waals surface area (Å²) in [5.74, 6) is 2.29. The topological polar surface area (TPSA) is 12.5 Å². The van der Waals surface area contributed by atoms with Crippen LogP contribution in [0.2, 0.25) is 0 Å². The maximum atomic E-state index is 15.5. The van der Waals surface area contributed by atoms with Crippen molar-refractivity contribution >= 4 is 0 Å². The van der Waals surface area contributed by atoms with Gasteiger partial charge in [-0.05, 0) is 61.6 Å². The molecule has 1 aromatic carbocycles. The van der Waals surface area contributed by atoms with Gasteiger partial charge >= 0.3 is 0 Å². The fourth-order valence-electron chi connectivity index (χ4n) is 4.83. The molecule has 24 heavy (non-hydrogen) atoms. The van der Waals surface area contributed by atoms with Crippen molar-refractivity contribution in [3.63, 3.8) is 0 Å². The van der Waals surface area contributed by atoms with E-state index in [4.69, 9.17) is 4.74 Å². The minimum Gasteiger partial charge on any atom is -0.496 e. The molecule has 2 bridgehead atoms. The van der Waals surface area contributed by atoms with Gasteiger partial charge < -0.3 is 9.64 Å². The van der Waals surface area contributed by atoms with Crippen molar-refractivity contribution in [3.05, 3.63) is 41.7 Å². The molecule has 3 atom stereocenters. The van der Waals surface area contributed by atoms with E-state index >= 15 is 4.39 Å². The molecule has 1 saturated heterocycles. The molecule has 2 aliphatic carbocycles. The lowest BCUT2D eigenvalue weighted by atomic mass is 9.84. The first kappa shape index (κ1) is 16.1. The number of methoxy groups -OCH3 is 1. The number of hydrogen-bond acceptors (Lipinski definition) is 2. The van der Waals surface area contributed by atoms with Gasteiger partial charge in [-0.15, -0.1) is 0 Å². The van der Waals surface area contributed by atoms with Crippen LogP contribution in [0, 0.1) is 23.6 Å². The summed E-state index contributed by atoms with van der Waals surface area (Å²) in [6, 6.07) is 4.15. The van der Waals surface area contributed by atoms with E-state index in [9.17, 15) is 4.39 Å². The van der Waals surface area contributed by atoms with Gasteiger partial charge in [0.2, 0.25) is 0 Å². The highest BCUT2D eigenvalue weighted by Crippen LogP contribution is 2.45. The Hall–Kier alpha value is -1.42. The number of alkyl halides is 1. The molecule has 3 aliphatic rings. The first-order valence-corrected chi connectivity index (χ1v) is 9.01. The minimum absolute atomic E-state index is 0.368. The number of ether oxygens (including phenoxy) is 1. The zero-order valence-electron chi connectivity index (χ0n) is 14.2. The van der Waals surface area contributed by atoms with Crippen LogP contribution in [0.5, 0.6) is 5.75 Å². The molecular weight excluding hydrogens is 308 g/mol. The largest absolute Gasteiger partial charge is 0.496 e. The molecule has 0 amide bonds. The van der Waals surface area contributed by atoms with E-state index in [1.807, 2.05) is 0 Å². The highest BCUT2D eigenvalue weighted by atomic mass is 19.1. The van der Waals surface area contributed by atoms with Crippen LogP contribution in [0.15, 0.2) is 30.4 Å². The van der Waals surface area contributed by atoms with Gasteiger partial charge in [0.25, 0.3) is 0 Å². The number of fused-ring (bicyclic) bond motifs is 2. The van der Waals surface area contributed by atoms with Gasteiger partial charge in [-0.25, -0.2) is 8.78 Å². The predicted molar refractivity (Wildman–Crippen MR) is 90.3 cm³/mol. The molecule has 1 saturated carbocycles. The van der Waals surface area contributed by atoms with E-state index in [0.29, 0.717) is 24.2 Å². The standard InChI is InChI=1S/C20H25F2NO/c1-24-19-5-4-17(21)12-18(19)20(22)6-8-23(9-7-20)13-16-11-14-2-3-15(16)10-14/h2-5,12,14-16H,6-11,13H2,1H3/t14-,15-,16?/m0/s1. The molecule has 130 valence electrons. The van der Waals surface area contributed by atoms with Crippen molar-refractivity contribution in [2.45, 2.75) is 31.4 Å². The molecule has 1 unspecified atom stereocenters. The highest BCUT2D eigenvalue weighted by Gasteiger charge is 2.41. The summed E-state index contributed by atoms with van der Waals surface area (Å²) in [4.78, 5) is 2.39. The van der Waals surface area contributed by atoms with E-state index in [-0.39, 0.29) is 0 Å². The number of likely N-dealkylation sites (tertiary alicyclic amines) is 1. The van der Waals surface area contributed by atoms with E-state index in [0.717, 1.165) is 37.4 Å². The predicted octanol–water partition coefficient (Wildman–Crippen LogP) is 4.31. The van der Waals surface area contributed by atoms with Crippen LogP contribution in [-0.4, -0.2) is 31.6 Å². The SMILES string of the molecule is COc1ccc(F)cc1C1(F)CCN(CC2C[C@H]3C=C[C@H]2C3)CC1. The van der Waals surface area contributed by atoms with Crippen LogP contribution in [0.3, 0.4) is 0 Å². The average molecular weight is 333 g/mol. The fourth-order valence-corrected chi connectivity index (χ4v) is 4.83. The number of rotatable bonds is 4. The normalized spacial score (nSPS) is 31.5. The van der Waals surface area contributed by atoms with E-state index in [1.165, 1.54) is 38.2 Å². The second-order valence-corrected chi connectivity index (χ2v) is 7.65. The van der Waals surface area contributed by atoms with E-state index in [2.05, 4.69) is 17.1 Å². The molecule has 0 N–H and O–H groups in total. The van der Waals surface area contributed by atoms with Crippen LogP contribution < -0.4 is 4.74 Å². The third-order valence-electron chi connectivity index (χ3n) is 6.20. The maximum absolute atomic E-state index is 15.5. The van der Waals surface area contributed by atoms with Gasteiger partial charge in [0.05, 0.1) is 7.11 Å². The molecule has 1 aliphatic heterocycles. The zero-order valence-corrected chi connectivity index (χ0v) is 14.2. The Kier molecular flexibility index (Phi) is 4.11. The van der Waals surface area contributed by atoms with Gasteiger partial charge in [-0.1, -0.05) is 12.2 Å². The Morgan fingerprint density at radius 2 is 2.00 bits per heavy atom. The quantitative estimate of drug-likeness (QED) is 0.762. The molecule has 1 heterocycles. The van der Waals surface area contributed by atoms with Gasteiger partial charge in [0, 0.05) is 25.2 Å². The molecule has 4 rings (SSSR count). The van der Waals surface area contributed by atoms with E-state index < -0.39 is 11.5 Å². The lowest BCUT2D eigenvalue weighted by molar-refractivity contribution is 0.0448. The Bertz CT molecular complexity index is 637. The number of allylic oxidation sites excluding steroid dienone is 2. The Labute approximate surface area is 142 Å². The van der Waals surface area contributed by atoms with Gasteiger partial charge in [0.1, 0.15) is 17.2 Å². The average Bonchev–Trinajstić information content (AvgIpc) is 3.20. The summed E-state index contributed by atoms with van der Waals surface area (Å²) in [5.41, 5.74) is -1.12. The second kappa shape index (κ2) is 6.14. The Morgan fingerprint density at radius 1 is 1.21 bits per heavy atom. The molecule has 0 radical (unpaired) electrons. The smallest absolute Gasteiger partial charge is 0.142 e. The van der Waals surface area contributed by atoms with Crippen molar-refractivity contribution in [3.8, 4) is 5.75 Å². The van der Waals surface area contributed by atoms with Crippen molar-refractivity contribution < 1.29 is 13.5 Å². The fraction of sp³-hybridized carbons (Fsp3) is 0.600. The number of hydrogen-bond donors (Lipinski definition) is 0. The Morgan fingerprint density at radius 3 is 2.62 bits per heavy atom. The van der Waals surface area contributed by atoms with Crippen LogP contribution in [0.1, 0.15) is 31.2 Å². The third-order valence-corrected chi connectivity index (χ3v) is 6.20. The lowest BCUT2D eigenvalue weighted by Gasteiger charge is -2.39. The second-order valence-electron chi connectivity index (χ2n) is 7.65. The number of nitrogens with zero attached hydrogens (tertiary/aromatic N) is 1.